The Labute approximate surface area is 150 Å². The zero-order chi connectivity index (χ0) is 18.1. The van der Waals surface area contributed by atoms with E-state index in [1.165, 1.54) is 0 Å². The van der Waals surface area contributed by atoms with Crippen LogP contribution in [0.1, 0.15) is 41.7 Å². The number of nitrogens with zero attached hydrogens (tertiary/aromatic N) is 4. The van der Waals surface area contributed by atoms with Crippen LogP contribution >= 0.6 is 0 Å². The molecule has 1 aliphatic rings. The molecule has 7 nitrogen and oxygen atoms in total. The standard InChI is InChI=1S/C19H20N4O3/c1-12-18(19(24)23-7-6-20-11-16(23)22-12)14-4-8-26-15(9-14)13-3-5-21-17(10-13)25-2/h3,5-7,10-11,14-15H,4,8-9H2,1-2H3/t14-,15+/m0/s1. The van der Waals surface area contributed by atoms with Crippen molar-refractivity contribution in [3.8, 4) is 5.88 Å². The maximum absolute atomic E-state index is 13.0. The number of methoxy groups -OCH3 is 1. The number of pyridine rings is 1. The van der Waals surface area contributed by atoms with Gasteiger partial charge in [0.2, 0.25) is 5.88 Å². The first-order valence-corrected chi connectivity index (χ1v) is 8.62. The lowest BCUT2D eigenvalue weighted by atomic mass is 9.86. The zero-order valence-electron chi connectivity index (χ0n) is 14.8. The minimum atomic E-state index is -0.0948. The van der Waals surface area contributed by atoms with E-state index in [1.54, 1.807) is 36.3 Å². The molecule has 0 saturated carbocycles. The molecule has 0 spiro atoms. The largest absolute Gasteiger partial charge is 0.481 e. The molecule has 1 aliphatic heterocycles. The average Bonchev–Trinajstić information content (AvgIpc) is 2.68. The fraction of sp³-hybridized carbons (Fsp3) is 0.368. The molecule has 1 fully saturated rings. The summed E-state index contributed by atoms with van der Waals surface area (Å²) in [7, 11) is 1.59. The summed E-state index contributed by atoms with van der Waals surface area (Å²) in [5.74, 6) is 0.655. The fourth-order valence-electron chi connectivity index (χ4n) is 3.62. The molecule has 7 heteroatoms. The second-order valence-corrected chi connectivity index (χ2v) is 6.43. The summed E-state index contributed by atoms with van der Waals surface area (Å²) < 4.78 is 12.7. The van der Waals surface area contributed by atoms with Crippen LogP contribution in [0.15, 0.2) is 41.7 Å². The Morgan fingerprint density at radius 3 is 3.08 bits per heavy atom. The van der Waals surface area contributed by atoms with Crippen molar-refractivity contribution in [2.45, 2.75) is 31.8 Å². The topological polar surface area (TPSA) is 78.6 Å². The van der Waals surface area contributed by atoms with Gasteiger partial charge in [0.15, 0.2) is 5.65 Å². The summed E-state index contributed by atoms with van der Waals surface area (Å²) in [6, 6.07) is 3.82. The maximum atomic E-state index is 13.0. The highest BCUT2D eigenvalue weighted by molar-refractivity contribution is 5.39. The van der Waals surface area contributed by atoms with E-state index in [0.717, 1.165) is 29.7 Å². The molecule has 0 amide bonds. The van der Waals surface area contributed by atoms with E-state index in [0.29, 0.717) is 18.1 Å². The Hall–Kier alpha value is -2.80. The van der Waals surface area contributed by atoms with Gasteiger partial charge in [-0.15, -0.1) is 0 Å². The number of hydrogen-bond acceptors (Lipinski definition) is 6. The van der Waals surface area contributed by atoms with E-state index < -0.39 is 0 Å². The molecule has 4 heterocycles. The molecular formula is C19H20N4O3. The highest BCUT2D eigenvalue weighted by Crippen LogP contribution is 2.37. The molecule has 0 bridgehead atoms. The molecule has 2 atom stereocenters. The number of ether oxygens (including phenoxy) is 2. The van der Waals surface area contributed by atoms with Gasteiger partial charge in [-0.05, 0) is 37.3 Å². The van der Waals surface area contributed by atoms with Crippen LogP contribution in [0.5, 0.6) is 5.88 Å². The lowest BCUT2D eigenvalue weighted by Crippen LogP contribution is -2.28. The van der Waals surface area contributed by atoms with Crippen molar-refractivity contribution in [3.63, 3.8) is 0 Å². The third kappa shape index (κ3) is 2.94. The van der Waals surface area contributed by atoms with Crippen molar-refractivity contribution < 1.29 is 9.47 Å². The van der Waals surface area contributed by atoms with Gasteiger partial charge in [-0.3, -0.25) is 14.2 Å². The number of hydrogen-bond donors (Lipinski definition) is 0. The van der Waals surface area contributed by atoms with Crippen LogP contribution in [0.25, 0.3) is 5.65 Å². The van der Waals surface area contributed by atoms with Gasteiger partial charge in [0.25, 0.3) is 5.56 Å². The summed E-state index contributed by atoms with van der Waals surface area (Å²) in [4.78, 5) is 25.8. The second kappa shape index (κ2) is 6.84. The molecule has 26 heavy (non-hydrogen) atoms. The Balaban J connectivity index is 1.70. The summed E-state index contributed by atoms with van der Waals surface area (Å²) in [5.41, 5.74) is 3.09. The minimum Gasteiger partial charge on any atom is -0.481 e. The van der Waals surface area contributed by atoms with Crippen LogP contribution in [0.4, 0.5) is 0 Å². The molecule has 0 unspecified atom stereocenters. The smallest absolute Gasteiger partial charge is 0.261 e. The first-order valence-electron chi connectivity index (χ1n) is 8.62. The van der Waals surface area contributed by atoms with Gasteiger partial charge in [-0.1, -0.05) is 0 Å². The molecule has 3 aromatic heterocycles. The molecule has 1 saturated heterocycles. The monoisotopic (exact) mass is 352 g/mol. The molecule has 3 aromatic rings. The molecule has 0 aromatic carbocycles. The van der Waals surface area contributed by atoms with Gasteiger partial charge < -0.3 is 9.47 Å². The molecular weight excluding hydrogens is 332 g/mol. The first-order chi connectivity index (χ1) is 12.7. The number of rotatable bonds is 3. The van der Waals surface area contributed by atoms with Gasteiger partial charge in [0.1, 0.15) is 0 Å². The molecule has 134 valence electrons. The van der Waals surface area contributed by atoms with E-state index in [4.69, 9.17) is 9.47 Å². The SMILES string of the molecule is COc1cc([C@H]2C[C@@H](c3c(C)nc4cnccn4c3=O)CCO2)ccn1. The quantitative estimate of drug-likeness (QED) is 0.720. The van der Waals surface area contributed by atoms with Crippen LogP contribution in [-0.4, -0.2) is 33.1 Å². The van der Waals surface area contributed by atoms with Crippen LogP contribution in [0.3, 0.4) is 0 Å². The predicted octanol–water partition coefficient (Wildman–Crippen LogP) is 2.44. The number of aromatic nitrogens is 4. The van der Waals surface area contributed by atoms with Crippen molar-refractivity contribution in [2.75, 3.05) is 13.7 Å². The number of aryl methyl sites for hydroxylation is 1. The van der Waals surface area contributed by atoms with Crippen molar-refractivity contribution in [3.05, 3.63) is 64.1 Å². The van der Waals surface area contributed by atoms with Crippen molar-refractivity contribution in [2.24, 2.45) is 0 Å². The Morgan fingerprint density at radius 2 is 2.23 bits per heavy atom. The summed E-state index contributed by atoms with van der Waals surface area (Å²) in [6.07, 6.45) is 8.02. The lowest BCUT2D eigenvalue weighted by Gasteiger charge is -2.30. The van der Waals surface area contributed by atoms with Crippen LogP contribution in [0, 0.1) is 6.92 Å². The van der Waals surface area contributed by atoms with Gasteiger partial charge in [-0.25, -0.2) is 9.97 Å². The number of fused-ring (bicyclic) bond motifs is 1. The fourth-order valence-corrected chi connectivity index (χ4v) is 3.62. The van der Waals surface area contributed by atoms with Crippen LogP contribution < -0.4 is 10.3 Å². The molecule has 4 rings (SSSR count). The van der Waals surface area contributed by atoms with Crippen LogP contribution in [-0.2, 0) is 4.74 Å². The average molecular weight is 352 g/mol. The van der Waals surface area contributed by atoms with Gasteiger partial charge in [0.05, 0.1) is 19.4 Å². The van der Waals surface area contributed by atoms with E-state index in [-0.39, 0.29) is 17.6 Å². The lowest BCUT2D eigenvalue weighted by molar-refractivity contribution is 0.00474. The minimum absolute atomic E-state index is 0.0205. The molecule has 0 aliphatic carbocycles. The Kier molecular flexibility index (Phi) is 4.38. The summed E-state index contributed by atoms with van der Waals surface area (Å²) in [5, 5.41) is 0. The predicted molar refractivity (Wildman–Crippen MR) is 95.5 cm³/mol. The first kappa shape index (κ1) is 16.7. The van der Waals surface area contributed by atoms with Gasteiger partial charge in [0, 0.05) is 42.5 Å². The summed E-state index contributed by atoms with van der Waals surface area (Å²) >= 11 is 0. The third-order valence-electron chi connectivity index (χ3n) is 4.89. The Bertz CT molecular complexity index is 1000. The highest BCUT2D eigenvalue weighted by Gasteiger charge is 2.29. The van der Waals surface area contributed by atoms with E-state index in [2.05, 4.69) is 15.0 Å². The van der Waals surface area contributed by atoms with Crippen molar-refractivity contribution in [1.29, 1.82) is 0 Å². The Morgan fingerprint density at radius 1 is 1.35 bits per heavy atom. The van der Waals surface area contributed by atoms with E-state index in [1.807, 2.05) is 19.1 Å². The molecule has 0 N–H and O–H groups in total. The maximum Gasteiger partial charge on any atom is 0.261 e. The normalized spacial score (nSPS) is 20.2. The van der Waals surface area contributed by atoms with Crippen molar-refractivity contribution in [1.82, 2.24) is 19.4 Å². The van der Waals surface area contributed by atoms with E-state index in [9.17, 15) is 4.79 Å². The van der Waals surface area contributed by atoms with Crippen LogP contribution in [0.2, 0.25) is 0 Å². The summed E-state index contributed by atoms with van der Waals surface area (Å²) in [6.45, 7) is 2.49. The van der Waals surface area contributed by atoms with E-state index >= 15 is 0 Å². The zero-order valence-corrected chi connectivity index (χ0v) is 14.8. The molecule has 0 radical (unpaired) electrons. The van der Waals surface area contributed by atoms with Gasteiger partial charge in [-0.2, -0.15) is 0 Å². The van der Waals surface area contributed by atoms with Gasteiger partial charge >= 0.3 is 0 Å². The third-order valence-corrected chi connectivity index (χ3v) is 4.89. The van der Waals surface area contributed by atoms with Crippen molar-refractivity contribution >= 4 is 5.65 Å². The highest BCUT2D eigenvalue weighted by atomic mass is 16.5. The second-order valence-electron chi connectivity index (χ2n) is 6.43.